The number of aryl methyl sites for hydroxylation is 1. The number of benzene rings is 1. The summed E-state index contributed by atoms with van der Waals surface area (Å²) in [5.41, 5.74) is 0.954. The minimum absolute atomic E-state index is 0.0874. The van der Waals surface area contributed by atoms with Gasteiger partial charge in [0.1, 0.15) is 6.04 Å². The van der Waals surface area contributed by atoms with E-state index >= 15 is 0 Å². The van der Waals surface area contributed by atoms with Gasteiger partial charge >= 0.3 is 0 Å². The number of hydrogen-bond donors (Lipinski definition) is 1. The van der Waals surface area contributed by atoms with Crippen LogP contribution in [0.1, 0.15) is 55.5 Å². The maximum absolute atomic E-state index is 12.6. The Morgan fingerprint density at radius 2 is 1.91 bits per heavy atom. The van der Waals surface area contributed by atoms with Gasteiger partial charge in [-0.2, -0.15) is 0 Å². The average Bonchev–Trinajstić information content (AvgIpc) is 3.00. The fourth-order valence-electron chi connectivity index (χ4n) is 2.99. The second-order valence-electron chi connectivity index (χ2n) is 5.85. The Morgan fingerprint density at radius 1 is 1.18 bits per heavy atom. The van der Waals surface area contributed by atoms with Crippen LogP contribution in [0.4, 0.5) is 0 Å². The molecular formula is C17H21N3O2. The highest BCUT2D eigenvalue weighted by molar-refractivity contribution is 5.79. The quantitative estimate of drug-likeness (QED) is 0.941. The molecule has 22 heavy (non-hydrogen) atoms. The summed E-state index contributed by atoms with van der Waals surface area (Å²) in [6.45, 7) is 1.75. The van der Waals surface area contributed by atoms with Gasteiger partial charge in [0.05, 0.1) is 0 Å². The predicted molar refractivity (Wildman–Crippen MR) is 82.0 cm³/mol. The van der Waals surface area contributed by atoms with E-state index in [0.717, 1.165) is 31.2 Å². The Kier molecular flexibility index (Phi) is 4.51. The molecule has 2 aromatic rings. The summed E-state index contributed by atoms with van der Waals surface area (Å²) in [6.07, 6.45) is 5.43. The third-order valence-corrected chi connectivity index (χ3v) is 4.18. The number of aromatic nitrogens is 2. The number of carbonyl (C=O) groups excluding carboxylic acids is 1. The van der Waals surface area contributed by atoms with Crippen LogP contribution in [0.5, 0.6) is 0 Å². The molecule has 1 saturated carbocycles. The summed E-state index contributed by atoms with van der Waals surface area (Å²) < 4.78 is 5.55. The molecule has 1 atom stereocenters. The van der Waals surface area contributed by atoms with E-state index in [1.54, 1.807) is 6.92 Å². The fraction of sp³-hybridized carbons (Fsp3) is 0.471. The van der Waals surface area contributed by atoms with Crippen molar-refractivity contribution in [3.05, 3.63) is 47.7 Å². The van der Waals surface area contributed by atoms with Crippen LogP contribution in [-0.4, -0.2) is 16.1 Å². The van der Waals surface area contributed by atoms with Crippen molar-refractivity contribution in [1.29, 1.82) is 0 Å². The van der Waals surface area contributed by atoms with E-state index < -0.39 is 0 Å². The Morgan fingerprint density at radius 3 is 2.55 bits per heavy atom. The molecule has 5 heteroatoms. The van der Waals surface area contributed by atoms with Crippen LogP contribution in [0.15, 0.2) is 34.7 Å². The molecule has 1 fully saturated rings. The van der Waals surface area contributed by atoms with E-state index in [2.05, 4.69) is 15.5 Å². The largest absolute Gasteiger partial charge is 0.423 e. The van der Waals surface area contributed by atoms with Crippen molar-refractivity contribution in [2.45, 2.75) is 45.1 Å². The van der Waals surface area contributed by atoms with Crippen LogP contribution >= 0.6 is 0 Å². The minimum Gasteiger partial charge on any atom is -0.423 e. The molecule has 1 heterocycles. The highest BCUT2D eigenvalue weighted by Gasteiger charge is 2.27. The molecule has 5 nitrogen and oxygen atoms in total. The first-order chi connectivity index (χ1) is 10.7. The van der Waals surface area contributed by atoms with E-state index in [4.69, 9.17) is 4.42 Å². The van der Waals surface area contributed by atoms with E-state index in [1.165, 1.54) is 6.42 Å². The first-order valence-electron chi connectivity index (χ1n) is 7.89. The van der Waals surface area contributed by atoms with Gasteiger partial charge in [0, 0.05) is 12.8 Å². The zero-order valence-corrected chi connectivity index (χ0v) is 12.8. The van der Waals surface area contributed by atoms with Crippen molar-refractivity contribution in [1.82, 2.24) is 15.5 Å². The Bertz CT molecular complexity index is 618. The first kappa shape index (κ1) is 14.8. The minimum atomic E-state index is -0.378. The molecule has 1 amide bonds. The van der Waals surface area contributed by atoms with Crippen molar-refractivity contribution < 1.29 is 9.21 Å². The molecule has 0 spiro atoms. The van der Waals surface area contributed by atoms with Crippen molar-refractivity contribution in [3.63, 3.8) is 0 Å². The van der Waals surface area contributed by atoms with Gasteiger partial charge < -0.3 is 9.73 Å². The van der Waals surface area contributed by atoms with E-state index in [1.807, 2.05) is 30.3 Å². The molecular weight excluding hydrogens is 278 g/mol. The molecule has 1 aromatic heterocycles. The van der Waals surface area contributed by atoms with E-state index in [9.17, 15) is 4.79 Å². The molecule has 1 N–H and O–H groups in total. The smallest absolute Gasteiger partial charge is 0.243 e. The van der Waals surface area contributed by atoms with Crippen molar-refractivity contribution >= 4 is 5.91 Å². The third-order valence-electron chi connectivity index (χ3n) is 4.18. The molecule has 0 radical (unpaired) electrons. The van der Waals surface area contributed by atoms with Crippen LogP contribution in [0.25, 0.3) is 0 Å². The van der Waals surface area contributed by atoms with Crippen LogP contribution in [0.3, 0.4) is 0 Å². The molecule has 0 bridgehead atoms. The zero-order valence-electron chi connectivity index (χ0n) is 12.8. The van der Waals surface area contributed by atoms with Crippen molar-refractivity contribution in [3.8, 4) is 0 Å². The van der Waals surface area contributed by atoms with Gasteiger partial charge in [-0.15, -0.1) is 10.2 Å². The summed E-state index contributed by atoms with van der Waals surface area (Å²) in [5, 5.41) is 11.1. The number of nitrogens with zero attached hydrogens (tertiary/aromatic N) is 2. The zero-order chi connectivity index (χ0) is 15.4. The maximum atomic E-state index is 12.6. The summed E-state index contributed by atoms with van der Waals surface area (Å²) in [5.74, 6) is 1.13. The second kappa shape index (κ2) is 6.73. The average molecular weight is 299 g/mol. The number of rotatable bonds is 4. The van der Waals surface area contributed by atoms with Gasteiger partial charge in [-0.1, -0.05) is 49.6 Å². The fourth-order valence-corrected chi connectivity index (χ4v) is 2.99. The Hall–Kier alpha value is -2.17. The summed E-state index contributed by atoms with van der Waals surface area (Å²) in [7, 11) is 0. The molecule has 116 valence electrons. The number of amides is 1. The SMILES string of the molecule is Cc1nnc(C(NC(=O)C2CCCCC2)c2ccccc2)o1. The molecule has 1 aromatic carbocycles. The van der Waals surface area contributed by atoms with Crippen molar-refractivity contribution in [2.75, 3.05) is 0 Å². The molecule has 0 aliphatic heterocycles. The van der Waals surface area contributed by atoms with Gasteiger partial charge in [-0.3, -0.25) is 4.79 Å². The van der Waals surface area contributed by atoms with E-state index in [-0.39, 0.29) is 17.9 Å². The second-order valence-corrected chi connectivity index (χ2v) is 5.85. The molecule has 1 unspecified atom stereocenters. The monoisotopic (exact) mass is 299 g/mol. The normalized spacial score (nSPS) is 17.1. The van der Waals surface area contributed by atoms with Gasteiger partial charge in [-0.25, -0.2) is 0 Å². The molecule has 1 aliphatic carbocycles. The highest BCUT2D eigenvalue weighted by atomic mass is 16.4. The lowest BCUT2D eigenvalue weighted by Gasteiger charge is -2.23. The Labute approximate surface area is 130 Å². The predicted octanol–water partition coefficient (Wildman–Crippen LogP) is 3.16. The van der Waals surface area contributed by atoms with Crippen LogP contribution < -0.4 is 5.32 Å². The molecule has 1 aliphatic rings. The summed E-state index contributed by atoms with van der Waals surface area (Å²) in [4.78, 5) is 12.6. The van der Waals surface area contributed by atoms with Gasteiger partial charge in [0.15, 0.2) is 0 Å². The van der Waals surface area contributed by atoms with Crippen LogP contribution in [0, 0.1) is 12.8 Å². The summed E-state index contributed by atoms with van der Waals surface area (Å²) in [6, 6.07) is 9.38. The number of carbonyl (C=O) groups is 1. The van der Waals surface area contributed by atoms with Crippen molar-refractivity contribution in [2.24, 2.45) is 5.92 Å². The summed E-state index contributed by atoms with van der Waals surface area (Å²) >= 11 is 0. The lowest BCUT2D eigenvalue weighted by atomic mass is 9.88. The van der Waals surface area contributed by atoms with Gasteiger partial charge in [0.25, 0.3) is 0 Å². The van der Waals surface area contributed by atoms with Crippen LogP contribution in [0.2, 0.25) is 0 Å². The van der Waals surface area contributed by atoms with Gasteiger partial charge in [-0.05, 0) is 18.4 Å². The Balaban J connectivity index is 1.81. The lowest BCUT2D eigenvalue weighted by molar-refractivity contribution is -0.126. The highest BCUT2D eigenvalue weighted by Crippen LogP contribution is 2.26. The molecule has 3 rings (SSSR count). The number of hydrogen-bond acceptors (Lipinski definition) is 4. The standard InChI is InChI=1S/C17H21N3O2/c1-12-19-20-17(22-12)15(13-8-4-2-5-9-13)18-16(21)14-10-6-3-7-11-14/h2,4-5,8-9,14-15H,3,6-7,10-11H2,1H3,(H,18,21). The van der Waals surface area contributed by atoms with Gasteiger partial charge in [0.2, 0.25) is 17.7 Å². The first-order valence-corrected chi connectivity index (χ1v) is 7.89. The lowest BCUT2D eigenvalue weighted by Crippen LogP contribution is -2.35. The third kappa shape index (κ3) is 3.35. The maximum Gasteiger partial charge on any atom is 0.243 e. The van der Waals surface area contributed by atoms with E-state index in [0.29, 0.717) is 11.8 Å². The number of nitrogens with one attached hydrogen (secondary N) is 1. The van der Waals surface area contributed by atoms with Crippen LogP contribution in [-0.2, 0) is 4.79 Å². The topological polar surface area (TPSA) is 68.0 Å². The molecule has 0 saturated heterocycles.